The lowest BCUT2D eigenvalue weighted by atomic mass is 10.1. The third kappa shape index (κ3) is 4.09. The van der Waals surface area contributed by atoms with Crippen LogP contribution in [0.1, 0.15) is 29.9 Å². The van der Waals surface area contributed by atoms with Crippen LogP contribution in [0.3, 0.4) is 0 Å². The number of hydrogen-bond acceptors (Lipinski definition) is 4. The number of rotatable bonds is 4. The molecule has 1 rings (SSSR count). The van der Waals surface area contributed by atoms with Crippen LogP contribution in [0.4, 0.5) is 18.9 Å². The summed E-state index contributed by atoms with van der Waals surface area (Å²) in [5.41, 5.74) is 3.16. The van der Waals surface area contributed by atoms with E-state index in [0.717, 1.165) is 4.90 Å². The Morgan fingerprint density at radius 3 is 2.55 bits per heavy atom. The number of aryl methyl sites for hydroxylation is 1. The zero-order valence-electron chi connectivity index (χ0n) is 11.5. The molecule has 20 heavy (non-hydrogen) atoms. The number of alkyl halides is 3. The average molecular weight is 290 g/mol. The first-order chi connectivity index (χ1) is 9.15. The minimum absolute atomic E-state index is 0.0102. The maximum atomic E-state index is 12.5. The molecule has 0 aromatic carbocycles. The highest BCUT2D eigenvalue weighted by Gasteiger charge is 2.35. The van der Waals surface area contributed by atoms with Gasteiger partial charge >= 0.3 is 6.18 Å². The van der Waals surface area contributed by atoms with Gasteiger partial charge in [-0.25, -0.2) is 0 Å². The van der Waals surface area contributed by atoms with Crippen LogP contribution in [0.5, 0.6) is 0 Å². The summed E-state index contributed by atoms with van der Waals surface area (Å²) in [6, 6.07) is 0.898. The van der Waals surface area contributed by atoms with Crippen LogP contribution in [0, 0.1) is 6.92 Å². The third-order valence-corrected chi connectivity index (χ3v) is 2.66. The lowest BCUT2D eigenvalue weighted by molar-refractivity contribution is -0.143. The molecule has 3 N–H and O–H groups in total. The number of nitrogens with one attached hydrogen (secondary N) is 1. The van der Waals surface area contributed by atoms with Crippen molar-refractivity contribution in [2.75, 3.05) is 12.0 Å². The second-order valence-corrected chi connectivity index (χ2v) is 4.66. The van der Waals surface area contributed by atoms with Gasteiger partial charge in [0.25, 0.3) is 5.91 Å². The summed E-state index contributed by atoms with van der Waals surface area (Å²) in [5.74, 6) is 4.52. The van der Waals surface area contributed by atoms with Gasteiger partial charge in [0.1, 0.15) is 6.54 Å². The van der Waals surface area contributed by atoms with Gasteiger partial charge in [0, 0.05) is 17.9 Å². The molecule has 1 aromatic rings. The summed E-state index contributed by atoms with van der Waals surface area (Å²) in [7, 11) is 0. The Labute approximate surface area is 114 Å². The molecule has 0 spiro atoms. The van der Waals surface area contributed by atoms with Crippen molar-refractivity contribution in [3.8, 4) is 0 Å². The second kappa shape index (κ2) is 6.08. The van der Waals surface area contributed by atoms with E-state index in [0.29, 0.717) is 5.69 Å². The molecule has 0 atom stereocenters. The van der Waals surface area contributed by atoms with Crippen molar-refractivity contribution in [3.05, 3.63) is 23.5 Å². The quantitative estimate of drug-likeness (QED) is 0.658. The van der Waals surface area contributed by atoms with Crippen molar-refractivity contribution >= 4 is 11.6 Å². The molecule has 1 aromatic heterocycles. The van der Waals surface area contributed by atoms with E-state index in [9.17, 15) is 18.0 Å². The smallest absolute Gasteiger partial charge is 0.327 e. The number of nitrogens with zero attached hydrogens (tertiary/aromatic N) is 2. The maximum absolute atomic E-state index is 12.5. The summed E-state index contributed by atoms with van der Waals surface area (Å²) < 4.78 is 37.6. The highest BCUT2D eigenvalue weighted by Crippen LogP contribution is 2.22. The van der Waals surface area contributed by atoms with Gasteiger partial charge in [-0.15, -0.1) is 0 Å². The summed E-state index contributed by atoms with van der Waals surface area (Å²) in [6.45, 7) is 3.40. The molecule has 0 aliphatic carbocycles. The molecule has 0 radical (unpaired) electrons. The van der Waals surface area contributed by atoms with E-state index in [4.69, 9.17) is 5.84 Å². The Morgan fingerprint density at radius 2 is 2.10 bits per heavy atom. The van der Waals surface area contributed by atoms with Gasteiger partial charge in [-0.2, -0.15) is 13.2 Å². The Kier molecular flexibility index (Phi) is 4.93. The Bertz CT molecular complexity index is 488. The first kappa shape index (κ1) is 16.2. The van der Waals surface area contributed by atoms with Crippen LogP contribution in [-0.4, -0.2) is 34.6 Å². The molecule has 0 aliphatic rings. The number of pyridine rings is 1. The normalized spacial score (nSPS) is 11.6. The number of hydrazine groups is 1. The number of amides is 1. The molecular weight excluding hydrogens is 273 g/mol. The first-order valence-electron chi connectivity index (χ1n) is 5.96. The molecule has 0 saturated heterocycles. The number of carbonyl (C=O) groups excluding carboxylic acids is 1. The number of anilines is 1. The Balaban J connectivity index is 3.13. The molecule has 0 fully saturated rings. The van der Waals surface area contributed by atoms with Gasteiger partial charge in [-0.1, -0.05) is 0 Å². The van der Waals surface area contributed by atoms with Gasteiger partial charge in [0.15, 0.2) is 0 Å². The largest absolute Gasteiger partial charge is 0.406 e. The zero-order valence-corrected chi connectivity index (χ0v) is 11.5. The molecule has 8 heteroatoms. The molecular formula is C12H17F3N4O. The highest BCUT2D eigenvalue weighted by atomic mass is 19.4. The maximum Gasteiger partial charge on any atom is 0.406 e. The van der Waals surface area contributed by atoms with Crippen LogP contribution in [0.15, 0.2) is 12.3 Å². The van der Waals surface area contributed by atoms with Crippen LogP contribution < -0.4 is 11.3 Å². The summed E-state index contributed by atoms with van der Waals surface area (Å²) in [5, 5.41) is 0. The van der Waals surface area contributed by atoms with Crippen LogP contribution in [-0.2, 0) is 0 Å². The van der Waals surface area contributed by atoms with Crippen molar-refractivity contribution in [2.45, 2.75) is 33.0 Å². The number of nitrogen functional groups attached to an aromatic ring is 1. The van der Waals surface area contributed by atoms with Crippen molar-refractivity contribution in [2.24, 2.45) is 5.84 Å². The fourth-order valence-corrected chi connectivity index (χ4v) is 1.69. The molecule has 5 nitrogen and oxygen atoms in total. The number of aromatic nitrogens is 1. The minimum Gasteiger partial charge on any atom is -0.327 e. The second-order valence-electron chi connectivity index (χ2n) is 4.66. The van der Waals surface area contributed by atoms with E-state index in [1.165, 1.54) is 26.1 Å². The topological polar surface area (TPSA) is 71.2 Å². The molecule has 0 aliphatic heterocycles. The van der Waals surface area contributed by atoms with Crippen molar-refractivity contribution in [3.63, 3.8) is 0 Å². The number of hydrogen-bond donors (Lipinski definition) is 2. The molecule has 0 unspecified atom stereocenters. The van der Waals surface area contributed by atoms with Crippen molar-refractivity contribution in [1.82, 2.24) is 9.88 Å². The number of halogens is 3. The predicted molar refractivity (Wildman–Crippen MR) is 69.0 cm³/mol. The lowest BCUT2D eigenvalue weighted by Crippen LogP contribution is -2.43. The molecule has 1 heterocycles. The van der Waals surface area contributed by atoms with E-state index >= 15 is 0 Å². The summed E-state index contributed by atoms with van der Waals surface area (Å²) in [6.07, 6.45) is -3.24. The zero-order chi connectivity index (χ0) is 15.5. The third-order valence-electron chi connectivity index (χ3n) is 2.66. The summed E-state index contributed by atoms with van der Waals surface area (Å²) in [4.78, 5) is 16.9. The number of nitrogens with two attached hydrogens (primary N) is 1. The average Bonchev–Trinajstić information content (AvgIpc) is 2.33. The van der Waals surface area contributed by atoms with Crippen LogP contribution in [0.25, 0.3) is 0 Å². The van der Waals surface area contributed by atoms with Gasteiger partial charge in [0.2, 0.25) is 0 Å². The van der Waals surface area contributed by atoms with E-state index in [1.54, 1.807) is 6.92 Å². The fraction of sp³-hybridized carbons (Fsp3) is 0.500. The predicted octanol–water partition coefficient (Wildman–Crippen LogP) is 2.09. The van der Waals surface area contributed by atoms with Crippen LogP contribution >= 0.6 is 0 Å². The monoisotopic (exact) mass is 290 g/mol. The van der Waals surface area contributed by atoms with Gasteiger partial charge < -0.3 is 10.3 Å². The lowest BCUT2D eigenvalue weighted by Gasteiger charge is -2.28. The minimum atomic E-state index is -4.46. The van der Waals surface area contributed by atoms with E-state index in [2.05, 4.69) is 10.4 Å². The first-order valence-corrected chi connectivity index (χ1v) is 5.96. The van der Waals surface area contributed by atoms with Gasteiger partial charge in [-0.3, -0.25) is 15.6 Å². The van der Waals surface area contributed by atoms with E-state index in [1.807, 2.05) is 0 Å². The van der Waals surface area contributed by atoms with E-state index < -0.39 is 24.7 Å². The molecule has 0 saturated carbocycles. The van der Waals surface area contributed by atoms with Crippen LogP contribution in [0.2, 0.25) is 0 Å². The highest BCUT2D eigenvalue weighted by molar-refractivity contribution is 5.99. The molecule has 112 valence electrons. The fourth-order valence-electron chi connectivity index (χ4n) is 1.69. The number of carbonyl (C=O) groups is 1. The Morgan fingerprint density at radius 1 is 1.50 bits per heavy atom. The van der Waals surface area contributed by atoms with Crippen molar-refractivity contribution in [1.29, 1.82) is 0 Å². The molecule has 0 bridgehead atoms. The van der Waals surface area contributed by atoms with Gasteiger partial charge in [0.05, 0.1) is 11.3 Å². The SMILES string of the molecule is Cc1cc(NN)c(C(=O)N(CC(F)(F)F)C(C)C)cn1. The standard InChI is InChI=1S/C12H17F3N4O/c1-7(2)19(6-12(13,14)15)11(20)9-5-17-8(3)4-10(9)18-16/h4-5,7H,6,16H2,1-3H3,(H,17,18). The van der Waals surface area contributed by atoms with Gasteiger partial charge in [-0.05, 0) is 26.8 Å². The Hall–Kier alpha value is -1.83. The van der Waals surface area contributed by atoms with Crippen molar-refractivity contribution < 1.29 is 18.0 Å². The molecule has 1 amide bonds. The summed E-state index contributed by atoms with van der Waals surface area (Å²) >= 11 is 0. The van der Waals surface area contributed by atoms with E-state index in [-0.39, 0.29) is 11.3 Å².